The van der Waals surface area contributed by atoms with E-state index in [0.717, 1.165) is 0 Å². The molecule has 1 aromatic carbocycles. The van der Waals surface area contributed by atoms with Crippen LogP contribution in [0, 0.1) is 0 Å². The van der Waals surface area contributed by atoms with E-state index in [1.807, 2.05) is 27.7 Å². The molecule has 1 atom stereocenters. The van der Waals surface area contributed by atoms with Crippen molar-refractivity contribution in [2.75, 3.05) is 11.9 Å². The normalized spacial score (nSPS) is 12.4. The van der Waals surface area contributed by atoms with Crippen LogP contribution in [0.3, 0.4) is 0 Å². The van der Waals surface area contributed by atoms with Crippen LogP contribution >= 0.6 is 0 Å². The molecule has 0 saturated heterocycles. The first kappa shape index (κ1) is 18.0. The van der Waals surface area contributed by atoms with Crippen molar-refractivity contribution in [1.29, 1.82) is 0 Å². The number of hydrogen-bond donors (Lipinski definition) is 4. The summed E-state index contributed by atoms with van der Waals surface area (Å²) in [6.45, 7) is 7.52. The summed E-state index contributed by atoms with van der Waals surface area (Å²) < 4.78 is 0. The first-order chi connectivity index (χ1) is 10.2. The van der Waals surface area contributed by atoms with E-state index in [-0.39, 0.29) is 30.1 Å². The quantitative estimate of drug-likeness (QED) is 0.671. The minimum Gasteiger partial charge on any atom is -0.394 e. The molecule has 0 radical (unpaired) electrons. The number of carbonyl (C=O) groups excluding carboxylic acids is 2. The van der Waals surface area contributed by atoms with Crippen LogP contribution in [0.4, 0.5) is 10.5 Å². The van der Waals surface area contributed by atoms with E-state index in [9.17, 15) is 9.59 Å². The van der Waals surface area contributed by atoms with Gasteiger partial charge in [-0.1, -0.05) is 6.92 Å². The first-order valence-corrected chi connectivity index (χ1v) is 7.36. The third kappa shape index (κ3) is 6.13. The summed E-state index contributed by atoms with van der Waals surface area (Å²) in [6.07, 6.45) is 0.649. The number of benzene rings is 1. The molecule has 4 N–H and O–H groups in total. The van der Waals surface area contributed by atoms with Crippen LogP contribution in [0.5, 0.6) is 0 Å². The Bertz CT molecular complexity index is 502. The predicted molar refractivity (Wildman–Crippen MR) is 87.0 cm³/mol. The van der Waals surface area contributed by atoms with Crippen LogP contribution in [0.25, 0.3) is 0 Å². The van der Waals surface area contributed by atoms with Gasteiger partial charge in [0, 0.05) is 16.8 Å². The van der Waals surface area contributed by atoms with Crippen LogP contribution in [0.1, 0.15) is 44.5 Å². The second-order valence-electron chi connectivity index (χ2n) is 6.17. The van der Waals surface area contributed by atoms with Crippen molar-refractivity contribution in [1.82, 2.24) is 10.6 Å². The van der Waals surface area contributed by atoms with E-state index < -0.39 is 0 Å². The molecule has 0 heterocycles. The van der Waals surface area contributed by atoms with Gasteiger partial charge >= 0.3 is 6.03 Å². The molecule has 122 valence electrons. The van der Waals surface area contributed by atoms with Crippen LogP contribution in [-0.4, -0.2) is 35.2 Å². The van der Waals surface area contributed by atoms with E-state index in [4.69, 9.17) is 5.11 Å². The molecule has 0 saturated carbocycles. The van der Waals surface area contributed by atoms with Gasteiger partial charge in [-0.05, 0) is 51.5 Å². The zero-order chi connectivity index (χ0) is 16.8. The minimum atomic E-state index is -0.382. The Morgan fingerprint density at radius 2 is 1.77 bits per heavy atom. The van der Waals surface area contributed by atoms with Gasteiger partial charge in [-0.25, -0.2) is 4.79 Å². The van der Waals surface area contributed by atoms with E-state index in [1.165, 1.54) is 0 Å². The minimum absolute atomic E-state index is 0.101. The summed E-state index contributed by atoms with van der Waals surface area (Å²) in [6, 6.07) is 5.98. The summed E-state index contributed by atoms with van der Waals surface area (Å²) in [5.74, 6) is -0.158. The highest BCUT2D eigenvalue weighted by Gasteiger charge is 2.15. The fourth-order valence-corrected chi connectivity index (χ4v) is 1.75. The van der Waals surface area contributed by atoms with Crippen LogP contribution < -0.4 is 16.0 Å². The van der Waals surface area contributed by atoms with Crippen molar-refractivity contribution < 1.29 is 14.7 Å². The van der Waals surface area contributed by atoms with Gasteiger partial charge in [0.2, 0.25) is 0 Å². The van der Waals surface area contributed by atoms with Gasteiger partial charge in [0.05, 0.1) is 12.6 Å². The van der Waals surface area contributed by atoms with E-state index in [0.29, 0.717) is 17.7 Å². The lowest BCUT2D eigenvalue weighted by molar-refractivity contribution is 0.0919. The van der Waals surface area contributed by atoms with Gasteiger partial charge in [0.1, 0.15) is 0 Å². The molecule has 6 heteroatoms. The number of carbonyl (C=O) groups is 2. The molecule has 0 aliphatic rings. The van der Waals surface area contributed by atoms with Crippen molar-refractivity contribution in [3.8, 4) is 0 Å². The lowest BCUT2D eigenvalue weighted by Crippen LogP contribution is -2.40. The van der Waals surface area contributed by atoms with Crippen molar-refractivity contribution >= 4 is 17.6 Å². The summed E-state index contributed by atoms with van der Waals surface area (Å²) in [5.41, 5.74) is 0.813. The Morgan fingerprint density at radius 3 is 2.23 bits per heavy atom. The topological polar surface area (TPSA) is 90.5 Å². The maximum Gasteiger partial charge on any atom is 0.319 e. The Labute approximate surface area is 131 Å². The van der Waals surface area contributed by atoms with Gasteiger partial charge in [-0.3, -0.25) is 4.79 Å². The van der Waals surface area contributed by atoms with Gasteiger partial charge in [-0.15, -0.1) is 0 Å². The predicted octanol–water partition coefficient (Wildman–Crippen LogP) is 2.11. The largest absolute Gasteiger partial charge is 0.394 e. The highest BCUT2D eigenvalue weighted by atomic mass is 16.3. The monoisotopic (exact) mass is 307 g/mol. The second kappa shape index (κ2) is 7.79. The van der Waals surface area contributed by atoms with E-state index >= 15 is 0 Å². The molecule has 1 rings (SSSR count). The average Bonchev–Trinajstić information content (AvgIpc) is 2.43. The Balaban J connectivity index is 2.62. The van der Waals surface area contributed by atoms with Crippen LogP contribution in [-0.2, 0) is 0 Å². The molecular formula is C16H25N3O3. The van der Waals surface area contributed by atoms with Gasteiger partial charge < -0.3 is 21.1 Å². The molecule has 0 bridgehead atoms. The van der Waals surface area contributed by atoms with Gasteiger partial charge in [0.25, 0.3) is 5.91 Å². The zero-order valence-corrected chi connectivity index (χ0v) is 13.6. The lowest BCUT2D eigenvalue weighted by atomic mass is 10.1. The number of nitrogens with one attached hydrogen (secondary N) is 3. The van der Waals surface area contributed by atoms with Crippen molar-refractivity contribution in [2.45, 2.75) is 45.7 Å². The number of rotatable bonds is 5. The number of aliphatic hydroxyl groups is 1. The summed E-state index contributed by atoms with van der Waals surface area (Å²) >= 11 is 0. The van der Waals surface area contributed by atoms with Gasteiger partial charge in [-0.2, -0.15) is 0 Å². The van der Waals surface area contributed by atoms with Crippen molar-refractivity contribution in [2.24, 2.45) is 0 Å². The maximum absolute atomic E-state index is 12.0. The highest BCUT2D eigenvalue weighted by Crippen LogP contribution is 2.11. The molecule has 0 aliphatic carbocycles. The molecule has 0 spiro atoms. The Morgan fingerprint density at radius 1 is 1.18 bits per heavy atom. The molecule has 22 heavy (non-hydrogen) atoms. The van der Waals surface area contributed by atoms with Crippen LogP contribution in [0.15, 0.2) is 24.3 Å². The molecule has 0 unspecified atom stereocenters. The fourth-order valence-electron chi connectivity index (χ4n) is 1.75. The third-order valence-corrected chi connectivity index (χ3v) is 2.94. The Kier molecular flexibility index (Phi) is 6.37. The molecule has 3 amide bonds. The molecule has 0 aliphatic heterocycles. The molecular weight excluding hydrogens is 282 g/mol. The average molecular weight is 307 g/mol. The standard InChI is InChI=1S/C16H25N3O3/c1-5-12(10-20)17-15(22)18-13-8-6-11(7-9-13)14(21)19-16(2,3)4/h6-9,12,20H,5,10H2,1-4H3,(H,19,21)(H2,17,18,22)/t12-/m1/s1. The third-order valence-electron chi connectivity index (χ3n) is 2.94. The fraction of sp³-hybridized carbons (Fsp3) is 0.500. The van der Waals surface area contributed by atoms with Crippen molar-refractivity contribution in [3.05, 3.63) is 29.8 Å². The SMILES string of the molecule is CC[C@H](CO)NC(=O)Nc1ccc(C(=O)NC(C)(C)C)cc1. The van der Waals surface area contributed by atoms with Crippen molar-refractivity contribution in [3.63, 3.8) is 0 Å². The molecule has 0 fully saturated rings. The van der Waals surface area contributed by atoms with Crippen LogP contribution in [0.2, 0.25) is 0 Å². The molecule has 1 aromatic rings. The highest BCUT2D eigenvalue weighted by molar-refractivity contribution is 5.95. The molecule has 0 aromatic heterocycles. The molecule has 6 nitrogen and oxygen atoms in total. The second-order valence-corrected chi connectivity index (χ2v) is 6.17. The van der Waals surface area contributed by atoms with E-state index in [1.54, 1.807) is 24.3 Å². The zero-order valence-electron chi connectivity index (χ0n) is 13.6. The lowest BCUT2D eigenvalue weighted by Gasteiger charge is -2.20. The maximum atomic E-state index is 12.0. The smallest absolute Gasteiger partial charge is 0.319 e. The summed E-state index contributed by atoms with van der Waals surface area (Å²) in [5, 5.41) is 17.2. The Hall–Kier alpha value is -2.08. The number of aliphatic hydroxyl groups excluding tert-OH is 1. The number of amides is 3. The number of hydrogen-bond acceptors (Lipinski definition) is 3. The summed E-state index contributed by atoms with van der Waals surface area (Å²) in [4.78, 5) is 23.7. The van der Waals surface area contributed by atoms with E-state index in [2.05, 4.69) is 16.0 Å². The number of anilines is 1. The summed E-state index contributed by atoms with van der Waals surface area (Å²) in [7, 11) is 0. The number of urea groups is 1. The van der Waals surface area contributed by atoms with Gasteiger partial charge in [0.15, 0.2) is 0 Å². The first-order valence-electron chi connectivity index (χ1n) is 7.36.